The van der Waals surface area contributed by atoms with Crippen molar-refractivity contribution < 1.29 is 4.79 Å². The van der Waals surface area contributed by atoms with Crippen molar-refractivity contribution in [3.05, 3.63) is 17.8 Å². The summed E-state index contributed by atoms with van der Waals surface area (Å²) in [6.45, 7) is 4.80. The van der Waals surface area contributed by atoms with E-state index in [9.17, 15) is 4.79 Å². The maximum atomic E-state index is 12.2. The van der Waals surface area contributed by atoms with Crippen LogP contribution in [0.2, 0.25) is 0 Å². The van der Waals surface area contributed by atoms with Gasteiger partial charge in [0.2, 0.25) is 5.82 Å². The predicted molar refractivity (Wildman–Crippen MR) is 85.6 cm³/mol. The lowest BCUT2D eigenvalue weighted by Gasteiger charge is -2.34. The summed E-state index contributed by atoms with van der Waals surface area (Å²) in [6.07, 6.45) is 1.35. The number of amides is 1. The molecule has 0 bridgehead atoms. The van der Waals surface area contributed by atoms with E-state index < -0.39 is 0 Å². The first-order chi connectivity index (χ1) is 11.1. The van der Waals surface area contributed by atoms with Gasteiger partial charge in [-0.3, -0.25) is 9.89 Å². The van der Waals surface area contributed by atoms with Gasteiger partial charge in [0.25, 0.3) is 5.91 Å². The molecule has 0 radical (unpaired) electrons. The van der Waals surface area contributed by atoms with E-state index in [0.717, 1.165) is 34.3 Å². The summed E-state index contributed by atoms with van der Waals surface area (Å²) in [6, 6.07) is 0. The van der Waals surface area contributed by atoms with Crippen LogP contribution in [0.1, 0.15) is 16.3 Å². The molecule has 0 unspecified atom stereocenters. The first-order valence-electron chi connectivity index (χ1n) is 7.33. The van der Waals surface area contributed by atoms with Gasteiger partial charge in [0.1, 0.15) is 6.33 Å². The molecule has 1 aliphatic heterocycles. The van der Waals surface area contributed by atoms with Gasteiger partial charge in [-0.1, -0.05) is 11.3 Å². The first-order valence-corrected chi connectivity index (χ1v) is 8.15. The minimum absolute atomic E-state index is 0.105. The number of anilines is 1. The highest BCUT2D eigenvalue weighted by Gasteiger charge is 2.26. The second-order valence-electron chi connectivity index (χ2n) is 5.47. The molecule has 1 amide bonds. The number of thiazole rings is 1. The second kappa shape index (κ2) is 5.30. The second-order valence-corrected chi connectivity index (χ2v) is 6.45. The largest absolute Gasteiger partial charge is 0.344 e. The maximum Gasteiger partial charge on any atom is 0.291 e. The Morgan fingerprint density at radius 2 is 2.09 bits per heavy atom. The monoisotopic (exact) mass is 332 g/mol. The van der Waals surface area contributed by atoms with Crippen LogP contribution in [-0.4, -0.2) is 66.9 Å². The van der Waals surface area contributed by atoms with Crippen molar-refractivity contribution in [1.82, 2.24) is 34.8 Å². The third-order valence-corrected chi connectivity index (χ3v) is 5.20. The average Bonchev–Trinajstić information content (AvgIpc) is 3.27. The Balaban J connectivity index is 1.48. The van der Waals surface area contributed by atoms with E-state index in [1.807, 2.05) is 18.7 Å². The maximum absolute atomic E-state index is 12.2. The summed E-state index contributed by atoms with van der Waals surface area (Å²) >= 11 is 1.66. The smallest absolute Gasteiger partial charge is 0.291 e. The number of carbonyl (C=O) groups is 1. The van der Waals surface area contributed by atoms with Gasteiger partial charge in [-0.25, -0.2) is 14.6 Å². The number of fused-ring (bicyclic) bond motifs is 1. The molecule has 0 spiro atoms. The van der Waals surface area contributed by atoms with E-state index in [1.54, 1.807) is 16.2 Å². The molecule has 120 valence electrons. The minimum Gasteiger partial charge on any atom is -0.344 e. The minimum atomic E-state index is -0.105. The van der Waals surface area contributed by atoms with Crippen LogP contribution in [-0.2, 0) is 7.05 Å². The van der Waals surface area contributed by atoms with Crippen LogP contribution < -0.4 is 4.90 Å². The highest BCUT2D eigenvalue weighted by atomic mass is 32.1. The molecule has 1 fully saturated rings. The van der Waals surface area contributed by atoms with Gasteiger partial charge in [-0.15, -0.1) is 0 Å². The van der Waals surface area contributed by atoms with E-state index >= 15 is 0 Å². The summed E-state index contributed by atoms with van der Waals surface area (Å²) in [4.78, 5) is 24.9. The van der Waals surface area contributed by atoms with Crippen LogP contribution in [0.4, 0.5) is 5.13 Å². The Labute approximate surface area is 135 Å². The van der Waals surface area contributed by atoms with Crippen LogP contribution in [0.5, 0.6) is 0 Å². The number of carbonyl (C=O) groups excluding carboxylic acids is 1. The normalized spacial score (nSPS) is 15.6. The van der Waals surface area contributed by atoms with Gasteiger partial charge in [0, 0.05) is 33.2 Å². The summed E-state index contributed by atoms with van der Waals surface area (Å²) in [7, 11) is 1.91. The van der Waals surface area contributed by atoms with E-state index in [2.05, 4.69) is 30.2 Å². The van der Waals surface area contributed by atoms with Gasteiger partial charge in [-0.2, -0.15) is 10.2 Å². The van der Waals surface area contributed by atoms with Crippen molar-refractivity contribution in [2.75, 3.05) is 31.1 Å². The number of aryl methyl sites for hydroxylation is 2. The summed E-state index contributed by atoms with van der Waals surface area (Å²) in [5.74, 6) is 0.187. The molecule has 0 saturated carbocycles. The van der Waals surface area contributed by atoms with Gasteiger partial charge < -0.3 is 9.80 Å². The lowest BCUT2D eigenvalue weighted by molar-refractivity contribution is 0.0735. The molecule has 9 nitrogen and oxygen atoms in total. The topological polar surface area (TPSA) is 95.8 Å². The van der Waals surface area contributed by atoms with Crippen molar-refractivity contribution in [1.29, 1.82) is 0 Å². The van der Waals surface area contributed by atoms with Crippen molar-refractivity contribution in [3.63, 3.8) is 0 Å². The lowest BCUT2D eigenvalue weighted by atomic mass is 10.3. The summed E-state index contributed by atoms with van der Waals surface area (Å²) < 4.78 is 2.94. The van der Waals surface area contributed by atoms with Crippen LogP contribution in [0, 0.1) is 6.92 Å². The van der Waals surface area contributed by atoms with E-state index in [-0.39, 0.29) is 5.91 Å². The highest BCUT2D eigenvalue weighted by Crippen LogP contribution is 2.31. The number of hydrogen-bond acceptors (Lipinski definition) is 7. The number of rotatable bonds is 2. The van der Waals surface area contributed by atoms with E-state index in [1.165, 1.54) is 6.33 Å². The molecule has 1 saturated heterocycles. The molecule has 0 aromatic carbocycles. The molecule has 3 aromatic rings. The molecule has 10 heteroatoms. The Kier molecular flexibility index (Phi) is 3.26. The van der Waals surface area contributed by atoms with Crippen LogP contribution in [0.3, 0.4) is 0 Å². The lowest BCUT2D eigenvalue weighted by Crippen LogP contribution is -2.49. The molecular formula is C13H16N8OS. The summed E-state index contributed by atoms with van der Waals surface area (Å²) in [5, 5.41) is 11.7. The van der Waals surface area contributed by atoms with E-state index in [0.29, 0.717) is 18.9 Å². The first kappa shape index (κ1) is 14.1. The predicted octanol–water partition coefficient (Wildman–Crippen LogP) is 0.419. The molecule has 4 heterocycles. The average molecular weight is 332 g/mol. The van der Waals surface area contributed by atoms with Gasteiger partial charge >= 0.3 is 0 Å². The number of H-pyrrole nitrogens is 1. The third kappa shape index (κ3) is 2.34. The molecule has 4 rings (SSSR count). The highest BCUT2D eigenvalue weighted by molar-refractivity contribution is 7.22. The standard InChI is InChI=1S/C13H16N8OS/c1-8-9-11(19(2)18-8)16-13(23-9)21-5-3-20(4-6-21)12(22)10-14-7-15-17-10/h7H,3-6H2,1-2H3,(H,14,15,17). The summed E-state index contributed by atoms with van der Waals surface area (Å²) in [5.41, 5.74) is 1.92. The molecular weight excluding hydrogens is 316 g/mol. The van der Waals surface area contributed by atoms with E-state index in [4.69, 9.17) is 0 Å². The zero-order valence-electron chi connectivity index (χ0n) is 12.9. The van der Waals surface area contributed by atoms with Gasteiger partial charge in [0.05, 0.1) is 10.4 Å². The van der Waals surface area contributed by atoms with Crippen LogP contribution in [0.25, 0.3) is 10.3 Å². The molecule has 23 heavy (non-hydrogen) atoms. The Bertz CT molecular complexity index is 808. The Morgan fingerprint density at radius 3 is 2.74 bits per heavy atom. The van der Waals surface area contributed by atoms with Gasteiger partial charge in [-0.05, 0) is 6.92 Å². The number of hydrogen-bond donors (Lipinski definition) is 1. The molecule has 1 N–H and O–H groups in total. The SMILES string of the molecule is Cc1nn(C)c2nc(N3CCN(C(=O)c4ncn[nH]4)CC3)sc12. The quantitative estimate of drug-likeness (QED) is 0.731. The fourth-order valence-corrected chi connectivity index (χ4v) is 3.85. The van der Waals surface area contributed by atoms with Crippen molar-refractivity contribution in [2.45, 2.75) is 6.92 Å². The third-order valence-electron chi connectivity index (χ3n) is 3.99. The number of nitrogens with zero attached hydrogens (tertiary/aromatic N) is 7. The van der Waals surface area contributed by atoms with Crippen molar-refractivity contribution in [2.24, 2.45) is 7.05 Å². The number of aromatic amines is 1. The van der Waals surface area contributed by atoms with Crippen LogP contribution >= 0.6 is 11.3 Å². The van der Waals surface area contributed by atoms with Crippen molar-refractivity contribution >= 4 is 32.7 Å². The Morgan fingerprint density at radius 1 is 1.30 bits per heavy atom. The fraction of sp³-hybridized carbons (Fsp3) is 0.462. The van der Waals surface area contributed by atoms with Crippen LogP contribution in [0.15, 0.2) is 6.33 Å². The Hall–Kier alpha value is -2.49. The number of nitrogens with one attached hydrogen (secondary N) is 1. The zero-order chi connectivity index (χ0) is 16.0. The number of piperazine rings is 1. The molecule has 0 aliphatic carbocycles. The zero-order valence-corrected chi connectivity index (χ0v) is 13.7. The number of aromatic nitrogens is 6. The molecule has 0 atom stereocenters. The van der Waals surface area contributed by atoms with Crippen molar-refractivity contribution in [3.8, 4) is 0 Å². The molecule has 1 aliphatic rings. The van der Waals surface area contributed by atoms with Gasteiger partial charge in [0.15, 0.2) is 10.8 Å². The molecule has 3 aromatic heterocycles. The fourth-order valence-electron chi connectivity index (χ4n) is 2.77.